The van der Waals surface area contributed by atoms with E-state index >= 15 is 0 Å². The van der Waals surface area contributed by atoms with Gasteiger partial charge in [-0.25, -0.2) is 8.78 Å². The van der Waals surface area contributed by atoms with Gasteiger partial charge in [-0.15, -0.1) is 0 Å². The van der Waals surface area contributed by atoms with E-state index in [9.17, 15) is 13.6 Å². The summed E-state index contributed by atoms with van der Waals surface area (Å²) >= 11 is 1.01. The molecule has 0 unspecified atom stereocenters. The summed E-state index contributed by atoms with van der Waals surface area (Å²) in [5, 5.41) is 12.9. The molecule has 0 aliphatic carbocycles. The van der Waals surface area contributed by atoms with E-state index in [0.29, 0.717) is 17.5 Å². The van der Waals surface area contributed by atoms with E-state index < -0.39 is 12.4 Å². The highest BCUT2D eigenvalue weighted by molar-refractivity contribution is 7.99. The van der Waals surface area contributed by atoms with Gasteiger partial charge < -0.3 is 5.11 Å². The normalized spacial score (nSPS) is 11.4. The van der Waals surface area contributed by atoms with Crippen molar-refractivity contribution in [1.82, 2.24) is 9.78 Å². The molecule has 0 spiro atoms. The fourth-order valence-corrected chi connectivity index (χ4v) is 2.07. The Morgan fingerprint density at radius 2 is 2.22 bits per heavy atom. The van der Waals surface area contributed by atoms with Crippen LogP contribution in [0.2, 0.25) is 0 Å². The van der Waals surface area contributed by atoms with Crippen LogP contribution in [0.1, 0.15) is 32.4 Å². The number of halogens is 2. The number of aliphatic carboxylic acids is 1. The number of aryl methyl sites for hydroxylation is 1. The molecule has 1 heterocycles. The van der Waals surface area contributed by atoms with Gasteiger partial charge in [-0.3, -0.25) is 9.48 Å². The molecular formula is C11H16F2N2O2S. The highest BCUT2D eigenvalue weighted by Crippen LogP contribution is 2.25. The molecule has 0 saturated heterocycles. The molecule has 1 rings (SSSR count). The summed E-state index contributed by atoms with van der Waals surface area (Å²) in [5.41, 5.74) is -0.299. The Bertz CT molecular complexity index is 408. The molecule has 1 aromatic heterocycles. The van der Waals surface area contributed by atoms with Gasteiger partial charge in [0.15, 0.2) is 0 Å². The van der Waals surface area contributed by atoms with Crippen molar-refractivity contribution in [1.29, 1.82) is 0 Å². The van der Waals surface area contributed by atoms with Crippen molar-refractivity contribution in [3.63, 3.8) is 0 Å². The van der Waals surface area contributed by atoms with Crippen LogP contribution in [0.4, 0.5) is 8.78 Å². The zero-order chi connectivity index (χ0) is 13.7. The summed E-state index contributed by atoms with van der Waals surface area (Å²) in [6, 6.07) is 1.26. The monoisotopic (exact) mass is 278 g/mol. The lowest BCUT2D eigenvalue weighted by molar-refractivity contribution is -0.133. The Balaban J connectivity index is 2.79. The number of carbonyl (C=O) groups is 1. The number of hydrogen-bond acceptors (Lipinski definition) is 3. The summed E-state index contributed by atoms with van der Waals surface area (Å²) in [4.78, 5) is 10.5. The molecule has 0 radical (unpaired) electrons. The number of hydrogen-bond donors (Lipinski definition) is 1. The highest BCUT2D eigenvalue weighted by Gasteiger charge is 2.16. The minimum absolute atomic E-state index is 0.157. The summed E-state index contributed by atoms with van der Waals surface area (Å²) < 4.78 is 26.6. The van der Waals surface area contributed by atoms with Crippen molar-refractivity contribution in [3.05, 3.63) is 11.8 Å². The maximum Gasteiger partial charge on any atom is 0.313 e. The van der Waals surface area contributed by atoms with Crippen molar-refractivity contribution in [2.75, 3.05) is 5.75 Å². The lowest BCUT2D eigenvalue weighted by Crippen LogP contribution is -2.06. The minimum Gasteiger partial charge on any atom is -0.481 e. The first-order valence-corrected chi connectivity index (χ1v) is 6.59. The topological polar surface area (TPSA) is 55.1 Å². The molecule has 18 heavy (non-hydrogen) atoms. The first kappa shape index (κ1) is 14.9. The molecule has 0 fully saturated rings. The summed E-state index contributed by atoms with van der Waals surface area (Å²) in [6.45, 7) is 4.58. The van der Waals surface area contributed by atoms with Crippen LogP contribution in [0.25, 0.3) is 0 Å². The van der Waals surface area contributed by atoms with Gasteiger partial charge in [0.1, 0.15) is 5.69 Å². The van der Waals surface area contributed by atoms with Crippen LogP contribution < -0.4 is 0 Å². The first-order valence-electron chi connectivity index (χ1n) is 5.60. The largest absolute Gasteiger partial charge is 0.481 e. The van der Waals surface area contributed by atoms with E-state index in [1.54, 1.807) is 0 Å². The quantitative estimate of drug-likeness (QED) is 0.779. The average molecular weight is 278 g/mol. The van der Waals surface area contributed by atoms with Crippen molar-refractivity contribution in [3.8, 4) is 0 Å². The number of aromatic nitrogens is 2. The molecule has 1 N–H and O–H groups in total. The first-order chi connectivity index (χ1) is 8.40. The second-order valence-corrected chi connectivity index (χ2v) is 5.29. The predicted molar refractivity (Wildman–Crippen MR) is 65.0 cm³/mol. The zero-order valence-corrected chi connectivity index (χ0v) is 11.1. The lowest BCUT2D eigenvalue weighted by atomic mass is 10.1. The highest BCUT2D eigenvalue weighted by atomic mass is 32.2. The predicted octanol–water partition coefficient (Wildman–Crippen LogP) is 3.04. The van der Waals surface area contributed by atoms with Gasteiger partial charge in [-0.2, -0.15) is 5.10 Å². The van der Waals surface area contributed by atoms with Crippen LogP contribution in [0.5, 0.6) is 0 Å². The molecule has 0 aliphatic rings. The second-order valence-electron chi connectivity index (χ2n) is 4.30. The minimum atomic E-state index is -2.63. The van der Waals surface area contributed by atoms with E-state index in [-0.39, 0.29) is 11.4 Å². The molecule has 0 atom stereocenters. The lowest BCUT2D eigenvalue weighted by Gasteiger charge is -2.07. The number of rotatable bonds is 7. The molecule has 0 amide bonds. The molecule has 0 aromatic carbocycles. The maximum absolute atomic E-state index is 12.6. The Hall–Kier alpha value is -1.11. The third-order valence-electron chi connectivity index (χ3n) is 2.25. The van der Waals surface area contributed by atoms with Crippen LogP contribution in [-0.2, 0) is 11.3 Å². The number of thioether (sulfide) groups is 1. The van der Waals surface area contributed by atoms with Gasteiger partial charge in [0.25, 0.3) is 6.43 Å². The van der Waals surface area contributed by atoms with Crippen molar-refractivity contribution < 1.29 is 18.7 Å². The smallest absolute Gasteiger partial charge is 0.313 e. The van der Waals surface area contributed by atoms with Crippen LogP contribution in [0, 0.1) is 5.92 Å². The second kappa shape index (κ2) is 6.72. The van der Waals surface area contributed by atoms with Crippen LogP contribution in [0.15, 0.2) is 11.1 Å². The van der Waals surface area contributed by atoms with E-state index in [4.69, 9.17) is 5.11 Å². The van der Waals surface area contributed by atoms with Gasteiger partial charge in [0, 0.05) is 6.54 Å². The fraction of sp³-hybridized carbons (Fsp3) is 0.636. The zero-order valence-electron chi connectivity index (χ0n) is 10.3. The Kier molecular flexibility index (Phi) is 5.58. The molecule has 1 aromatic rings. The molecule has 102 valence electrons. The van der Waals surface area contributed by atoms with Crippen LogP contribution in [0.3, 0.4) is 0 Å². The Labute approximate surface area is 108 Å². The Morgan fingerprint density at radius 3 is 2.72 bits per heavy atom. The number of nitrogens with zero attached hydrogens (tertiary/aromatic N) is 2. The van der Waals surface area contributed by atoms with Crippen molar-refractivity contribution in [2.45, 2.75) is 38.3 Å². The molecule has 4 nitrogen and oxygen atoms in total. The third-order valence-corrected chi connectivity index (χ3v) is 3.26. The molecule has 7 heteroatoms. The fourth-order valence-electron chi connectivity index (χ4n) is 1.32. The van der Waals surface area contributed by atoms with Gasteiger partial charge in [-0.05, 0) is 18.4 Å². The number of carboxylic acids is 1. The van der Waals surface area contributed by atoms with Gasteiger partial charge in [-0.1, -0.05) is 25.6 Å². The van der Waals surface area contributed by atoms with Crippen LogP contribution in [-0.4, -0.2) is 26.6 Å². The van der Waals surface area contributed by atoms with Crippen molar-refractivity contribution >= 4 is 17.7 Å². The van der Waals surface area contributed by atoms with Gasteiger partial charge >= 0.3 is 5.97 Å². The maximum atomic E-state index is 12.6. The molecule has 0 bridgehead atoms. The Morgan fingerprint density at radius 1 is 1.56 bits per heavy atom. The van der Waals surface area contributed by atoms with E-state index in [1.165, 1.54) is 10.7 Å². The summed E-state index contributed by atoms with van der Waals surface area (Å²) in [5.74, 6) is -0.701. The van der Waals surface area contributed by atoms with E-state index in [1.807, 2.05) is 13.8 Å². The standard InChI is InChI=1S/C11H16F2N2O2S/c1-7(2)3-4-15-9(18-6-10(16)17)5-8(14-15)11(12)13/h5,7,11H,3-4,6H2,1-2H3,(H,16,17). The van der Waals surface area contributed by atoms with Gasteiger partial charge in [0.05, 0.1) is 10.8 Å². The van der Waals surface area contributed by atoms with Gasteiger partial charge in [0.2, 0.25) is 0 Å². The number of alkyl halides is 2. The van der Waals surface area contributed by atoms with Crippen LogP contribution >= 0.6 is 11.8 Å². The van der Waals surface area contributed by atoms with E-state index in [0.717, 1.165) is 18.2 Å². The summed E-state index contributed by atoms with van der Waals surface area (Å²) in [7, 11) is 0. The molecule has 0 aliphatic heterocycles. The van der Waals surface area contributed by atoms with Crippen molar-refractivity contribution in [2.24, 2.45) is 5.92 Å². The molecule has 0 saturated carbocycles. The third kappa shape index (κ3) is 4.64. The number of carboxylic acid groups (broad SMARTS) is 1. The average Bonchev–Trinajstić information content (AvgIpc) is 2.66. The van der Waals surface area contributed by atoms with E-state index in [2.05, 4.69) is 5.10 Å². The SMILES string of the molecule is CC(C)CCn1nc(C(F)F)cc1SCC(=O)O. The molecular weight excluding hydrogens is 262 g/mol. The summed E-state index contributed by atoms with van der Waals surface area (Å²) in [6.07, 6.45) is -1.82.